The molecule has 22 heavy (non-hydrogen) atoms. The molecule has 1 aliphatic rings. The van der Waals surface area contributed by atoms with E-state index in [0.717, 1.165) is 0 Å². The minimum absolute atomic E-state index is 0.0399. The minimum Gasteiger partial charge on any atom is -0.338 e. The van der Waals surface area contributed by atoms with Crippen molar-refractivity contribution in [3.05, 3.63) is 34.1 Å². The van der Waals surface area contributed by atoms with Gasteiger partial charge in [0.15, 0.2) is 0 Å². The molecule has 1 fully saturated rings. The van der Waals surface area contributed by atoms with E-state index in [1.807, 2.05) is 0 Å². The molecule has 2 rings (SSSR count). The SMILES string of the molecule is CN(C1CCN(C(=O)c2ccc(Br)cc2F)CC1)S(C)(=O)=O. The number of hydrogen-bond acceptors (Lipinski definition) is 3. The van der Waals surface area contributed by atoms with E-state index < -0.39 is 15.8 Å². The third-order valence-electron chi connectivity index (χ3n) is 3.95. The van der Waals surface area contributed by atoms with Gasteiger partial charge in [-0.2, -0.15) is 0 Å². The molecule has 0 spiro atoms. The van der Waals surface area contributed by atoms with Gasteiger partial charge in [-0.1, -0.05) is 15.9 Å². The molecule has 0 saturated carbocycles. The summed E-state index contributed by atoms with van der Waals surface area (Å²) in [6.07, 6.45) is 2.27. The maximum atomic E-state index is 13.9. The average Bonchev–Trinajstić information content (AvgIpc) is 2.45. The summed E-state index contributed by atoms with van der Waals surface area (Å²) in [5.41, 5.74) is 0.0399. The van der Waals surface area contributed by atoms with Crippen LogP contribution in [0.25, 0.3) is 0 Å². The lowest BCUT2D eigenvalue weighted by atomic mass is 10.0. The first kappa shape index (κ1) is 17.4. The Balaban J connectivity index is 2.04. The number of hydrogen-bond donors (Lipinski definition) is 0. The fourth-order valence-corrected chi connectivity index (χ4v) is 3.62. The molecule has 1 aliphatic heterocycles. The minimum atomic E-state index is -3.24. The van der Waals surface area contributed by atoms with Crippen LogP contribution in [-0.4, -0.2) is 56.0 Å². The lowest BCUT2D eigenvalue weighted by molar-refractivity contribution is 0.0681. The highest BCUT2D eigenvalue weighted by Gasteiger charge is 2.30. The molecule has 0 unspecified atom stereocenters. The zero-order chi connectivity index (χ0) is 16.5. The predicted octanol–water partition coefficient (Wildman–Crippen LogP) is 2.08. The van der Waals surface area contributed by atoms with Crippen LogP contribution in [-0.2, 0) is 10.0 Å². The van der Waals surface area contributed by atoms with Crippen molar-refractivity contribution in [2.24, 2.45) is 0 Å². The van der Waals surface area contributed by atoms with Crippen molar-refractivity contribution < 1.29 is 17.6 Å². The van der Waals surface area contributed by atoms with Crippen molar-refractivity contribution in [1.29, 1.82) is 0 Å². The molecule has 8 heteroatoms. The van der Waals surface area contributed by atoms with Gasteiger partial charge in [0.25, 0.3) is 5.91 Å². The Hall–Kier alpha value is -0.990. The Morgan fingerprint density at radius 1 is 1.36 bits per heavy atom. The van der Waals surface area contributed by atoms with E-state index in [2.05, 4.69) is 15.9 Å². The van der Waals surface area contributed by atoms with Gasteiger partial charge >= 0.3 is 0 Å². The monoisotopic (exact) mass is 392 g/mol. The first-order chi connectivity index (χ1) is 10.2. The van der Waals surface area contributed by atoms with Gasteiger partial charge in [-0.15, -0.1) is 0 Å². The highest BCUT2D eigenvalue weighted by atomic mass is 79.9. The first-order valence-electron chi connectivity index (χ1n) is 6.87. The van der Waals surface area contributed by atoms with Crippen LogP contribution in [0.3, 0.4) is 0 Å². The second kappa shape index (κ2) is 6.64. The summed E-state index contributed by atoms with van der Waals surface area (Å²) >= 11 is 3.16. The fraction of sp³-hybridized carbons (Fsp3) is 0.500. The number of piperidine rings is 1. The molecular formula is C14H18BrFN2O3S. The Morgan fingerprint density at radius 3 is 2.45 bits per heavy atom. The van der Waals surface area contributed by atoms with Gasteiger partial charge in [0.1, 0.15) is 5.82 Å². The van der Waals surface area contributed by atoms with Crippen LogP contribution in [0.15, 0.2) is 22.7 Å². The number of rotatable bonds is 3. The number of benzene rings is 1. The number of halogens is 2. The van der Waals surface area contributed by atoms with Crippen LogP contribution in [0.2, 0.25) is 0 Å². The number of sulfonamides is 1. The molecule has 0 aliphatic carbocycles. The van der Waals surface area contributed by atoms with Crippen molar-refractivity contribution >= 4 is 31.9 Å². The summed E-state index contributed by atoms with van der Waals surface area (Å²) in [4.78, 5) is 13.9. The zero-order valence-corrected chi connectivity index (χ0v) is 14.8. The second-order valence-electron chi connectivity index (χ2n) is 5.43. The predicted molar refractivity (Wildman–Crippen MR) is 85.6 cm³/mol. The average molecular weight is 393 g/mol. The molecule has 0 bridgehead atoms. The molecule has 1 aromatic rings. The highest BCUT2D eigenvalue weighted by molar-refractivity contribution is 9.10. The lowest BCUT2D eigenvalue weighted by Gasteiger charge is -2.35. The standard InChI is InChI=1S/C14H18BrFN2O3S/c1-17(22(2,20)21)11-5-7-18(8-6-11)14(19)12-4-3-10(15)9-13(12)16/h3-4,9,11H,5-8H2,1-2H3. The number of carbonyl (C=O) groups excluding carboxylic acids is 1. The van der Waals surface area contributed by atoms with Crippen molar-refractivity contribution in [3.8, 4) is 0 Å². The number of amides is 1. The molecule has 0 N–H and O–H groups in total. The molecule has 122 valence electrons. The molecule has 1 amide bonds. The molecule has 1 saturated heterocycles. The summed E-state index contributed by atoms with van der Waals surface area (Å²) in [6, 6.07) is 4.22. The van der Waals surface area contributed by atoms with E-state index in [9.17, 15) is 17.6 Å². The molecular weight excluding hydrogens is 375 g/mol. The summed E-state index contributed by atoms with van der Waals surface area (Å²) < 4.78 is 38.8. The van der Waals surface area contributed by atoms with Gasteiger partial charge in [0.05, 0.1) is 11.8 Å². The topological polar surface area (TPSA) is 57.7 Å². The Labute approximate surface area is 138 Å². The normalized spacial score (nSPS) is 17.0. The van der Waals surface area contributed by atoms with E-state index in [1.165, 1.54) is 22.7 Å². The Morgan fingerprint density at radius 2 is 1.95 bits per heavy atom. The molecule has 1 aromatic carbocycles. The van der Waals surface area contributed by atoms with E-state index in [1.54, 1.807) is 18.0 Å². The van der Waals surface area contributed by atoms with Gasteiger partial charge in [0.2, 0.25) is 10.0 Å². The highest BCUT2D eigenvalue weighted by Crippen LogP contribution is 2.21. The fourth-order valence-electron chi connectivity index (χ4n) is 2.54. The summed E-state index contributed by atoms with van der Waals surface area (Å²) in [6.45, 7) is 0.831. The van der Waals surface area contributed by atoms with Gasteiger partial charge < -0.3 is 4.90 Å². The third kappa shape index (κ3) is 3.85. The number of nitrogens with zero attached hydrogens (tertiary/aromatic N) is 2. The Kier molecular flexibility index (Phi) is 5.24. The Bertz CT molecular complexity index is 673. The van der Waals surface area contributed by atoms with Crippen molar-refractivity contribution in [2.75, 3.05) is 26.4 Å². The van der Waals surface area contributed by atoms with Gasteiger partial charge in [-0.05, 0) is 31.0 Å². The van der Waals surface area contributed by atoms with Crippen molar-refractivity contribution in [2.45, 2.75) is 18.9 Å². The van der Waals surface area contributed by atoms with Crippen molar-refractivity contribution in [3.63, 3.8) is 0 Å². The van der Waals surface area contributed by atoms with Gasteiger partial charge in [-0.3, -0.25) is 4.79 Å². The van der Waals surface area contributed by atoms with Crippen LogP contribution in [0, 0.1) is 5.82 Å². The second-order valence-corrected chi connectivity index (χ2v) is 8.38. The largest absolute Gasteiger partial charge is 0.338 e. The quantitative estimate of drug-likeness (QED) is 0.790. The smallest absolute Gasteiger partial charge is 0.256 e. The van der Waals surface area contributed by atoms with Crippen LogP contribution in [0.4, 0.5) is 4.39 Å². The van der Waals surface area contributed by atoms with E-state index >= 15 is 0 Å². The summed E-state index contributed by atoms with van der Waals surface area (Å²) in [5, 5.41) is 0. The van der Waals surface area contributed by atoms with Crippen LogP contribution >= 0.6 is 15.9 Å². The zero-order valence-electron chi connectivity index (χ0n) is 12.4. The number of carbonyl (C=O) groups is 1. The molecule has 1 heterocycles. The third-order valence-corrected chi connectivity index (χ3v) is 5.79. The summed E-state index contributed by atoms with van der Waals surface area (Å²) in [7, 11) is -1.69. The van der Waals surface area contributed by atoms with E-state index in [-0.39, 0.29) is 17.5 Å². The van der Waals surface area contributed by atoms with Crippen LogP contribution in [0.1, 0.15) is 23.2 Å². The van der Waals surface area contributed by atoms with Crippen molar-refractivity contribution in [1.82, 2.24) is 9.21 Å². The maximum Gasteiger partial charge on any atom is 0.256 e. The first-order valence-corrected chi connectivity index (χ1v) is 9.51. The molecule has 0 atom stereocenters. The van der Waals surface area contributed by atoms with E-state index in [0.29, 0.717) is 30.4 Å². The molecule has 0 aromatic heterocycles. The van der Waals surface area contributed by atoms with Crippen LogP contribution in [0.5, 0.6) is 0 Å². The van der Waals surface area contributed by atoms with Gasteiger partial charge in [-0.25, -0.2) is 17.1 Å². The molecule has 5 nitrogen and oxygen atoms in total. The number of likely N-dealkylation sites (tertiary alicyclic amines) is 1. The maximum absolute atomic E-state index is 13.9. The molecule has 0 radical (unpaired) electrons. The summed E-state index contributed by atoms with van der Waals surface area (Å²) in [5.74, 6) is -0.916. The van der Waals surface area contributed by atoms with E-state index in [4.69, 9.17) is 0 Å². The van der Waals surface area contributed by atoms with Crippen LogP contribution < -0.4 is 0 Å². The lowest BCUT2D eigenvalue weighted by Crippen LogP contribution is -2.47. The van der Waals surface area contributed by atoms with Gasteiger partial charge in [0, 0.05) is 30.7 Å².